The van der Waals surface area contributed by atoms with Gasteiger partial charge in [0.05, 0.1) is 21.2 Å². The molecule has 0 radical (unpaired) electrons. The van der Waals surface area contributed by atoms with Crippen LogP contribution in [-0.2, 0) is 11.0 Å². The summed E-state index contributed by atoms with van der Waals surface area (Å²) in [6, 6.07) is 7.38. The predicted octanol–water partition coefficient (Wildman–Crippen LogP) is 4.76. The van der Waals surface area contributed by atoms with Crippen molar-refractivity contribution in [1.29, 1.82) is 0 Å². The van der Waals surface area contributed by atoms with Crippen molar-refractivity contribution in [3.05, 3.63) is 69.2 Å². The molecule has 0 aliphatic heterocycles. The average Bonchev–Trinajstić information content (AvgIpc) is 2.52. The lowest BCUT2D eigenvalue weighted by atomic mass is 10.1. The topological polar surface area (TPSA) is 72.2 Å². The molecule has 0 unspecified atom stereocenters. The summed E-state index contributed by atoms with van der Waals surface area (Å²) in [4.78, 5) is 23.0. The van der Waals surface area contributed by atoms with Gasteiger partial charge in [-0.25, -0.2) is 0 Å². The summed E-state index contributed by atoms with van der Waals surface area (Å²) in [6.07, 6.45) is -2.33. The van der Waals surface area contributed by atoms with E-state index in [0.717, 1.165) is 18.2 Å². The number of nitrogens with two attached hydrogens (primary N) is 1. The van der Waals surface area contributed by atoms with E-state index in [0.29, 0.717) is 5.69 Å². The van der Waals surface area contributed by atoms with E-state index in [1.165, 1.54) is 30.3 Å². The van der Waals surface area contributed by atoms with E-state index in [9.17, 15) is 22.8 Å². The van der Waals surface area contributed by atoms with Crippen molar-refractivity contribution in [1.82, 2.24) is 0 Å². The van der Waals surface area contributed by atoms with Crippen LogP contribution in [0.2, 0.25) is 10.0 Å². The van der Waals surface area contributed by atoms with E-state index in [4.69, 9.17) is 28.9 Å². The highest BCUT2D eigenvalue weighted by atomic mass is 35.5. The Bertz CT molecular complexity index is 896. The molecule has 2 aromatic rings. The van der Waals surface area contributed by atoms with Crippen LogP contribution in [0.4, 0.5) is 18.9 Å². The first-order valence-electron chi connectivity index (χ1n) is 7.03. The Morgan fingerprint density at radius 3 is 2.31 bits per heavy atom. The first-order chi connectivity index (χ1) is 12.1. The number of rotatable bonds is 4. The smallest absolute Gasteiger partial charge is 0.366 e. The number of primary amides is 1. The molecule has 4 nitrogen and oxygen atoms in total. The van der Waals surface area contributed by atoms with Crippen LogP contribution in [0.1, 0.15) is 21.5 Å². The van der Waals surface area contributed by atoms with Crippen molar-refractivity contribution in [2.45, 2.75) is 6.18 Å². The lowest BCUT2D eigenvalue weighted by Crippen LogP contribution is -2.12. The van der Waals surface area contributed by atoms with Crippen LogP contribution >= 0.6 is 23.2 Å². The first-order valence-corrected chi connectivity index (χ1v) is 7.78. The summed E-state index contributed by atoms with van der Waals surface area (Å²) in [6.45, 7) is 0. The first kappa shape index (κ1) is 19.8. The van der Waals surface area contributed by atoms with Crippen LogP contribution < -0.4 is 11.1 Å². The number of benzene rings is 2. The number of nitrogens with one attached hydrogen (secondary N) is 1. The van der Waals surface area contributed by atoms with Gasteiger partial charge in [0.1, 0.15) is 0 Å². The van der Waals surface area contributed by atoms with Gasteiger partial charge in [0.2, 0.25) is 11.8 Å². The molecule has 136 valence electrons. The molecule has 0 fully saturated rings. The molecule has 0 aromatic heterocycles. The molecular formula is C17H11Cl2F3N2O2. The second kappa shape index (κ2) is 7.80. The normalized spacial score (nSPS) is 11.6. The summed E-state index contributed by atoms with van der Waals surface area (Å²) in [5, 5.41) is 2.10. The number of carbonyl (C=O) groups is 2. The molecule has 26 heavy (non-hydrogen) atoms. The minimum Gasteiger partial charge on any atom is -0.366 e. The van der Waals surface area contributed by atoms with E-state index >= 15 is 0 Å². The van der Waals surface area contributed by atoms with Gasteiger partial charge >= 0.3 is 6.18 Å². The van der Waals surface area contributed by atoms with Crippen molar-refractivity contribution in [3.63, 3.8) is 0 Å². The number of amides is 2. The second-order valence-electron chi connectivity index (χ2n) is 5.12. The van der Waals surface area contributed by atoms with Crippen molar-refractivity contribution >= 4 is 46.8 Å². The number of hydrogen-bond donors (Lipinski definition) is 2. The van der Waals surface area contributed by atoms with Gasteiger partial charge in [-0.15, -0.1) is 0 Å². The monoisotopic (exact) mass is 402 g/mol. The summed E-state index contributed by atoms with van der Waals surface area (Å²) < 4.78 is 38.4. The molecule has 3 N–H and O–H groups in total. The molecule has 0 saturated carbocycles. The van der Waals surface area contributed by atoms with Gasteiger partial charge in [-0.3, -0.25) is 9.59 Å². The van der Waals surface area contributed by atoms with Crippen molar-refractivity contribution < 1.29 is 22.8 Å². The van der Waals surface area contributed by atoms with Crippen LogP contribution in [0.5, 0.6) is 0 Å². The maximum atomic E-state index is 12.8. The lowest BCUT2D eigenvalue weighted by Gasteiger charge is -2.09. The summed E-state index contributed by atoms with van der Waals surface area (Å²) >= 11 is 11.4. The van der Waals surface area contributed by atoms with E-state index in [-0.39, 0.29) is 16.1 Å². The quantitative estimate of drug-likeness (QED) is 0.723. The summed E-state index contributed by atoms with van der Waals surface area (Å²) in [7, 11) is 0. The zero-order valence-corrected chi connectivity index (χ0v) is 14.4. The van der Waals surface area contributed by atoms with Gasteiger partial charge in [-0.1, -0.05) is 29.3 Å². The lowest BCUT2D eigenvalue weighted by molar-refractivity contribution is -0.137. The predicted molar refractivity (Wildman–Crippen MR) is 94.1 cm³/mol. The Hall–Kier alpha value is -2.51. The molecule has 2 amide bonds. The molecule has 0 heterocycles. The average molecular weight is 403 g/mol. The highest BCUT2D eigenvalue weighted by molar-refractivity contribution is 6.34. The molecule has 2 aromatic carbocycles. The zero-order valence-electron chi connectivity index (χ0n) is 12.9. The third-order valence-corrected chi connectivity index (χ3v) is 3.87. The Morgan fingerprint density at radius 1 is 1.04 bits per heavy atom. The van der Waals surface area contributed by atoms with Crippen LogP contribution in [0.3, 0.4) is 0 Å². The fourth-order valence-corrected chi connectivity index (χ4v) is 2.51. The van der Waals surface area contributed by atoms with Crippen LogP contribution in [-0.4, -0.2) is 11.8 Å². The molecule has 2 rings (SSSR count). The molecule has 9 heteroatoms. The molecular weight excluding hydrogens is 392 g/mol. The molecule has 0 aliphatic rings. The second-order valence-corrected chi connectivity index (χ2v) is 5.93. The highest BCUT2D eigenvalue weighted by Crippen LogP contribution is 2.35. The molecule has 0 aliphatic carbocycles. The molecule has 0 atom stereocenters. The van der Waals surface area contributed by atoms with Gasteiger partial charge < -0.3 is 11.1 Å². The largest absolute Gasteiger partial charge is 0.417 e. The molecule has 0 spiro atoms. The maximum Gasteiger partial charge on any atom is 0.417 e. The summed E-state index contributed by atoms with van der Waals surface area (Å²) in [5.41, 5.74) is 4.67. The molecule has 0 bridgehead atoms. The van der Waals surface area contributed by atoms with Crippen LogP contribution in [0.15, 0.2) is 42.5 Å². The number of anilines is 1. The number of halogens is 5. The van der Waals surface area contributed by atoms with Gasteiger partial charge in [-0.2, -0.15) is 13.2 Å². The number of alkyl halides is 3. The van der Waals surface area contributed by atoms with Crippen molar-refractivity contribution in [3.8, 4) is 0 Å². The highest BCUT2D eigenvalue weighted by Gasteiger charge is 2.33. The van der Waals surface area contributed by atoms with Gasteiger partial charge in [0, 0.05) is 11.8 Å². The van der Waals surface area contributed by atoms with Crippen molar-refractivity contribution in [2.75, 3.05) is 5.32 Å². The van der Waals surface area contributed by atoms with Crippen LogP contribution in [0.25, 0.3) is 6.08 Å². The van der Waals surface area contributed by atoms with Gasteiger partial charge in [-0.05, 0) is 42.0 Å². The van der Waals surface area contributed by atoms with Crippen LogP contribution in [0, 0.1) is 0 Å². The van der Waals surface area contributed by atoms with E-state index in [2.05, 4.69) is 5.32 Å². The van der Waals surface area contributed by atoms with Crippen molar-refractivity contribution in [2.24, 2.45) is 5.73 Å². The van der Waals surface area contributed by atoms with E-state index in [1.54, 1.807) is 0 Å². The third kappa shape index (κ3) is 5.00. The number of hydrogen-bond acceptors (Lipinski definition) is 2. The minimum absolute atomic E-state index is 0.0619. The zero-order chi connectivity index (χ0) is 19.5. The Morgan fingerprint density at radius 2 is 1.73 bits per heavy atom. The fourth-order valence-electron chi connectivity index (χ4n) is 2.01. The fraction of sp³-hybridized carbons (Fsp3) is 0.0588. The van der Waals surface area contributed by atoms with Gasteiger partial charge in [0.15, 0.2) is 0 Å². The Kier molecular flexibility index (Phi) is 5.94. The third-order valence-electron chi connectivity index (χ3n) is 3.23. The van der Waals surface area contributed by atoms with Gasteiger partial charge in [0.25, 0.3) is 0 Å². The number of carbonyl (C=O) groups excluding carboxylic acids is 2. The Labute approximate surface area is 156 Å². The maximum absolute atomic E-state index is 12.8. The summed E-state index contributed by atoms with van der Waals surface area (Å²) in [5.74, 6) is -1.31. The van der Waals surface area contributed by atoms with E-state index in [1.807, 2.05) is 0 Å². The standard InChI is InChI=1S/C17H11Cl2F3N2O2/c18-13-5-1-9(7-12(13)17(20,21)22)2-6-15(25)24-10-3-4-11(16(23)26)14(19)8-10/h1-8H,(H2,23,26)(H,24,25)/b6-2+. The Balaban J connectivity index is 2.13. The van der Waals surface area contributed by atoms with E-state index < -0.39 is 28.6 Å². The molecule has 0 saturated heterocycles. The minimum atomic E-state index is -4.60. The SMILES string of the molecule is NC(=O)c1ccc(NC(=O)/C=C/c2ccc(Cl)c(C(F)(F)F)c2)cc1Cl.